The molecule has 0 radical (unpaired) electrons. The quantitative estimate of drug-likeness (QED) is 0.855. The molecule has 2 aromatic rings. The van der Waals surface area contributed by atoms with Crippen LogP contribution in [0.2, 0.25) is 0 Å². The molecule has 1 fully saturated rings. The molecule has 0 aliphatic carbocycles. The molecule has 0 unspecified atom stereocenters. The highest BCUT2D eigenvalue weighted by Crippen LogP contribution is 2.32. The van der Waals surface area contributed by atoms with E-state index in [9.17, 15) is 9.59 Å². The number of fused-ring (bicyclic) bond motifs is 1. The van der Waals surface area contributed by atoms with Crippen molar-refractivity contribution >= 4 is 17.5 Å². The molecule has 2 aliphatic heterocycles. The van der Waals surface area contributed by atoms with Crippen LogP contribution in [0.15, 0.2) is 48.5 Å². The number of rotatable bonds is 4. The number of carbonyl (C=O) groups is 2. The average Bonchev–Trinajstić information content (AvgIpc) is 2.74. The molecule has 2 heterocycles. The van der Waals surface area contributed by atoms with E-state index in [1.807, 2.05) is 48.5 Å². The highest BCUT2D eigenvalue weighted by molar-refractivity contribution is 5.94. The van der Waals surface area contributed by atoms with Gasteiger partial charge in [-0.2, -0.15) is 0 Å². The summed E-state index contributed by atoms with van der Waals surface area (Å²) in [6.07, 6.45) is 2.54. The summed E-state index contributed by atoms with van der Waals surface area (Å²) in [6.45, 7) is 2.13. The first-order valence-corrected chi connectivity index (χ1v) is 9.79. The molecular formula is C22H25N3O3. The SMILES string of the molecule is NC(=O)[C@@H]1CCCN(c2ccc(C(=O)N[C@H]3CCOc4ccccc43)cc2)C1. The van der Waals surface area contributed by atoms with Gasteiger partial charge in [0.1, 0.15) is 5.75 Å². The number of carbonyl (C=O) groups excluding carboxylic acids is 2. The third-order valence-corrected chi connectivity index (χ3v) is 5.58. The van der Waals surface area contributed by atoms with Crippen LogP contribution < -0.4 is 20.7 Å². The van der Waals surface area contributed by atoms with Gasteiger partial charge in [-0.25, -0.2) is 0 Å². The number of anilines is 1. The number of ether oxygens (including phenoxy) is 1. The highest BCUT2D eigenvalue weighted by Gasteiger charge is 2.25. The Kier molecular flexibility index (Phi) is 5.19. The van der Waals surface area contributed by atoms with Crippen LogP contribution in [-0.2, 0) is 4.79 Å². The molecule has 2 aromatic carbocycles. The third-order valence-electron chi connectivity index (χ3n) is 5.58. The molecule has 6 heteroatoms. The Morgan fingerprint density at radius 1 is 1.07 bits per heavy atom. The molecule has 0 saturated carbocycles. The fraction of sp³-hybridized carbons (Fsp3) is 0.364. The largest absolute Gasteiger partial charge is 0.493 e. The normalized spacial score (nSPS) is 21.4. The van der Waals surface area contributed by atoms with Crippen LogP contribution in [0.25, 0.3) is 0 Å². The van der Waals surface area contributed by atoms with Gasteiger partial charge >= 0.3 is 0 Å². The fourth-order valence-corrected chi connectivity index (χ4v) is 4.00. The van der Waals surface area contributed by atoms with Crippen LogP contribution >= 0.6 is 0 Å². The van der Waals surface area contributed by atoms with Gasteiger partial charge in [0.2, 0.25) is 5.91 Å². The third kappa shape index (κ3) is 3.81. The molecular weight excluding hydrogens is 354 g/mol. The predicted molar refractivity (Wildman–Crippen MR) is 107 cm³/mol. The Morgan fingerprint density at radius 2 is 1.86 bits per heavy atom. The zero-order valence-electron chi connectivity index (χ0n) is 15.8. The van der Waals surface area contributed by atoms with E-state index in [1.54, 1.807) is 0 Å². The lowest BCUT2D eigenvalue weighted by Crippen LogP contribution is -2.41. The first-order valence-electron chi connectivity index (χ1n) is 9.79. The van der Waals surface area contributed by atoms with Crippen LogP contribution in [0.1, 0.15) is 41.2 Å². The van der Waals surface area contributed by atoms with Gasteiger partial charge < -0.3 is 20.7 Å². The van der Waals surface area contributed by atoms with E-state index >= 15 is 0 Å². The van der Waals surface area contributed by atoms with Gasteiger partial charge in [-0.15, -0.1) is 0 Å². The number of para-hydroxylation sites is 1. The predicted octanol–water partition coefficient (Wildman–Crippen LogP) is 2.64. The molecule has 0 spiro atoms. The number of primary amides is 1. The fourth-order valence-electron chi connectivity index (χ4n) is 4.00. The van der Waals surface area contributed by atoms with Crippen molar-refractivity contribution in [2.45, 2.75) is 25.3 Å². The molecule has 28 heavy (non-hydrogen) atoms. The first kappa shape index (κ1) is 18.3. The minimum absolute atomic E-state index is 0.0458. The van der Waals surface area contributed by atoms with Crippen molar-refractivity contribution in [1.82, 2.24) is 5.32 Å². The lowest BCUT2D eigenvalue weighted by molar-refractivity contribution is -0.122. The number of hydrogen-bond acceptors (Lipinski definition) is 4. The lowest BCUT2D eigenvalue weighted by Gasteiger charge is -2.33. The highest BCUT2D eigenvalue weighted by atomic mass is 16.5. The number of nitrogens with zero attached hydrogens (tertiary/aromatic N) is 1. The summed E-state index contributed by atoms with van der Waals surface area (Å²) >= 11 is 0. The minimum atomic E-state index is -0.238. The summed E-state index contributed by atoms with van der Waals surface area (Å²) in [4.78, 5) is 26.4. The average molecular weight is 379 g/mol. The van der Waals surface area contributed by atoms with Crippen molar-refractivity contribution in [3.8, 4) is 5.75 Å². The van der Waals surface area contributed by atoms with Crippen LogP contribution in [0.3, 0.4) is 0 Å². The van der Waals surface area contributed by atoms with Crippen LogP contribution in [0.4, 0.5) is 5.69 Å². The van der Waals surface area contributed by atoms with Crippen LogP contribution in [-0.4, -0.2) is 31.5 Å². The van der Waals surface area contributed by atoms with Crippen LogP contribution in [0.5, 0.6) is 5.75 Å². The molecule has 0 aromatic heterocycles. The van der Waals surface area contributed by atoms with Crippen molar-refractivity contribution in [3.05, 3.63) is 59.7 Å². The van der Waals surface area contributed by atoms with Gasteiger partial charge in [0.25, 0.3) is 5.91 Å². The van der Waals surface area contributed by atoms with E-state index in [4.69, 9.17) is 10.5 Å². The summed E-state index contributed by atoms with van der Waals surface area (Å²) in [5, 5.41) is 3.12. The lowest BCUT2D eigenvalue weighted by atomic mass is 9.97. The molecule has 6 nitrogen and oxygen atoms in total. The Morgan fingerprint density at radius 3 is 2.64 bits per heavy atom. The van der Waals surface area contributed by atoms with E-state index in [0.29, 0.717) is 18.7 Å². The van der Waals surface area contributed by atoms with Gasteiger partial charge in [0.15, 0.2) is 0 Å². The second-order valence-corrected chi connectivity index (χ2v) is 7.44. The number of amides is 2. The number of benzene rings is 2. The summed E-state index contributed by atoms with van der Waals surface area (Å²) in [7, 11) is 0. The van der Waals surface area contributed by atoms with Crippen molar-refractivity contribution in [1.29, 1.82) is 0 Å². The van der Waals surface area contributed by atoms with E-state index < -0.39 is 0 Å². The molecule has 2 aliphatic rings. The topological polar surface area (TPSA) is 84.7 Å². The maximum absolute atomic E-state index is 12.7. The van der Waals surface area contributed by atoms with Gasteiger partial charge in [0, 0.05) is 36.3 Å². The molecule has 146 valence electrons. The molecule has 2 atom stereocenters. The number of nitrogens with one attached hydrogen (secondary N) is 1. The molecule has 4 rings (SSSR count). The second kappa shape index (κ2) is 7.92. The Labute approximate surface area is 164 Å². The van der Waals surface area contributed by atoms with Crippen molar-refractivity contribution in [2.75, 3.05) is 24.6 Å². The van der Waals surface area contributed by atoms with Gasteiger partial charge in [-0.3, -0.25) is 9.59 Å². The monoisotopic (exact) mass is 379 g/mol. The zero-order chi connectivity index (χ0) is 19.5. The zero-order valence-corrected chi connectivity index (χ0v) is 15.8. The first-order chi connectivity index (χ1) is 13.6. The summed E-state index contributed by atoms with van der Waals surface area (Å²) in [5.41, 5.74) is 8.12. The smallest absolute Gasteiger partial charge is 0.251 e. The number of nitrogens with two attached hydrogens (primary N) is 1. The molecule has 1 saturated heterocycles. The summed E-state index contributed by atoms with van der Waals surface area (Å²) in [5.74, 6) is 0.396. The second-order valence-electron chi connectivity index (χ2n) is 7.44. The maximum Gasteiger partial charge on any atom is 0.251 e. The van der Waals surface area contributed by atoms with E-state index in [-0.39, 0.29) is 23.8 Å². The minimum Gasteiger partial charge on any atom is -0.493 e. The van der Waals surface area contributed by atoms with E-state index in [1.165, 1.54) is 0 Å². The van der Waals surface area contributed by atoms with Crippen LogP contribution in [0, 0.1) is 5.92 Å². The van der Waals surface area contributed by atoms with Crippen molar-refractivity contribution in [3.63, 3.8) is 0 Å². The Hall–Kier alpha value is -3.02. The summed E-state index contributed by atoms with van der Waals surface area (Å²) in [6, 6.07) is 15.3. The Bertz CT molecular complexity index is 866. The van der Waals surface area contributed by atoms with Gasteiger partial charge in [-0.05, 0) is 43.2 Å². The summed E-state index contributed by atoms with van der Waals surface area (Å²) < 4.78 is 5.66. The van der Waals surface area contributed by atoms with Gasteiger partial charge in [-0.1, -0.05) is 18.2 Å². The number of hydrogen-bond donors (Lipinski definition) is 2. The molecule has 2 amide bonds. The van der Waals surface area contributed by atoms with Crippen molar-refractivity contribution in [2.24, 2.45) is 11.7 Å². The Balaban J connectivity index is 1.43. The van der Waals surface area contributed by atoms with E-state index in [0.717, 1.165) is 42.8 Å². The molecule has 0 bridgehead atoms. The van der Waals surface area contributed by atoms with Crippen molar-refractivity contribution < 1.29 is 14.3 Å². The molecule has 3 N–H and O–H groups in total. The van der Waals surface area contributed by atoms with E-state index in [2.05, 4.69) is 10.2 Å². The standard InChI is InChI=1S/C22H25N3O3/c23-21(26)16-4-3-12-25(14-16)17-9-7-15(8-10-17)22(27)24-19-11-13-28-20-6-2-1-5-18(19)20/h1-2,5-10,16,19H,3-4,11-14H2,(H2,23,26)(H,24,27)/t16-,19+/m1/s1. The maximum atomic E-state index is 12.7. The van der Waals surface area contributed by atoms with Gasteiger partial charge in [0.05, 0.1) is 18.6 Å². The number of piperidine rings is 1.